The Morgan fingerprint density at radius 1 is 1.08 bits per heavy atom. The molecule has 1 saturated heterocycles. The van der Waals surface area contributed by atoms with Crippen LogP contribution in [-0.4, -0.2) is 52.7 Å². The summed E-state index contributed by atoms with van der Waals surface area (Å²) in [5, 5.41) is 12.1. The van der Waals surface area contributed by atoms with Gasteiger partial charge < -0.3 is 20.2 Å². The summed E-state index contributed by atoms with van der Waals surface area (Å²) in [7, 11) is 0. The predicted octanol–water partition coefficient (Wildman–Crippen LogP) is 3.85. The number of hydrogen-bond donors (Lipinski definition) is 2. The van der Waals surface area contributed by atoms with Crippen molar-refractivity contribution >= 4 is 17.8 Å². The van der Waals surface area contributed by atoms with Crippen molar-refractivity contribution in [1.82, 2.24) is 9.80 Å². The first-order chi connectivity index (χ1) is 12.1. The minimum absolute atomic E-state index is 0.0289. The second kappa shape index (κ2) is 8.23. The zero-order chi connectivity index (χ0) is 17.6. The van der Waals surface area contributed by atoms with Crippen molar-refractivity contribution in [2.45, 2.75) is 44.6 Å². The van der Waals surface area contributed by atoms with Crippen molar-refractivity contribution in [3.63, 3.8) is 0 Å². The van der Waals surface area contributed by atoms with Gasteiger partial charge in [-0.15, -0.1) is 0 Å². The zero-order valence-corrected chi connectivity index (χ0v) is 14.6. The van der Waals surface area contributed by atoms with Crippen LogP contribution in [0.4, 0.5) is 15.3 Å². The van der Waals surface area contributed by atoms with Crippen molar-refractivity contribution < 1.29 is 14.7 Å². The number of piperidine rings is 1. The van der Waals surface area contributed by atoms with Crippen molar-refractivity contribution in [1.29, 1.82) is 0 Å². The Bertz CT molecular complexity index is 579. The normalized spacial score (nSPS) is 19.0. The molecule has 136 valence electrons. The largest absolute Gasteiger partial charge is 0.465 e. The van der Waals surface area contributed by atoms with E-state index in [1.54, 1.807) is 0 Å². The number of amides is 3. The molecular formula is C19H27N3O3. The van der Waals surface area contributed by atoms with E-state index in [9.17, 15) is 9.59 Å². The quantitative estimate of drug-likeness (QED) is 0.870. The number of hydrogen-bond acceptors (Lipinski definition) is 2. The van der Waals surface area contributed by atoms with Crippen molar-refractivity contribution in [2.75, 3.05) is 25.0 Å². The average Bonchev–Trinajstić information content (AvgIpc) is 3.15. The van der Waals surface area contributed by atoms with Gasteiger partial charge in [0, 0.05) is 31.4 Å². The molecule has 0 unspecified atom stereocenters. The first-order valence-corrected chi connectivity index (χ1v) is 9.24. The predicted molar refractivity (Wildman–Crippen MR) is 96.7 cm³/mol. The summed E-state index contributed by atoms with van der Waals surface area (Å²) in [4.78, 5) is 27.4. The molecule has 0 spiro atoms. The lowest BCUT2D eigenvalue weighted by Gasteiger charge is -2.36. The number of carboxylic acid groups (broad SMARTS) is 1. The molecule has 2 N–H and O–H groups in total. The summed E-state index contributed by atoms with van der Waals surface area (Å²) in [5.74, 6) is 0.373. The maximum atomic E-state index is 12.9. The van der Waals surface area contributed by atoms with E-state index in [0.717, 1.165) is 37.9 Å². The van der Waals surface area contributed by atoms with Crippen LogP contribution in [-0.2, 0) is 0 Å². The number of carbonyl (C=O) groups excluding carboxylic acids is 1. The van der Waals surface area contributed by atoms with Crippen LogP contribution in [0.15, 0.2) is 30.3 Å². The molecule has 1 aliphatic carbocycles. The van der Waals surface area contributed by atoms with E-state index in [4.69, 9.17) is 5.11 Å². The van der Waals surface area contributed by atoms with E-state index in [0.29, 0.717) is 25.0 Å². The number of para-hydroxylation sites is 1. The molecule has 3 amide bonds. The molecule has 2 fully saturated rings. The Hall–Kier alpha value is -2.24. The molecule has 0 radical (unpaired) electrons. The minimum Gasteiger partial charge on any atom is -0.465 e. The van der Waals surface area contributed by atoms with E-state index < -0.39 is 6.09 Å². The average molecular weight is 345 g/mol. The summed E-state index contributed by atoms with van der Waals surface area (Å²) in [6.07, 6.45) is 5.30. The Kier molecular flexibility index (Phi) is 5.79. The summed E-state index contributed by atoms with van der Waals surface area (Å²) < 4.78 is 0. The van der Waals surface area contributed by atoms with E-state index in [1.165, 1.54) is 17.7 Å². The zero-order valence-electron chi connectivity index (χ0n) is 14.6. The van der Waals surface area contributed by atoms with E-state index in [1.807, 2.05) is 35.2 Å². The molecule has 6 heteroatoms. The third-order valence-corrected chi connectivity index (χ3v) is 5.39. The van der Waals surface area contributed by atoms with Crippen LogP contribution in [0.3, 0.4) is 0 Å². The van der Waals surface area contributed by atoms with Gasteiger partial charge in [0.1, 0.15) is 0 Å². The van der Waals surface area contributed by atoms with Gasteiger partial charge in [-0.3, -0.25) is 0 Å². The summed E-state index contributed by atoms with van der Waals surface area (Å²) in [5.41, 5.74) is 0.816. The fraction of sp³-hybridized carbons (Fsp3) is 0.579. The van der Waals surface area contributed by atoms with Crippen LogP contribution >= 0.6 is 0 Å². The Balaban J connectivity index is 1.61. The van der Waals surface area contributed by atoms with E-state index in [-0.39, 0.29) is 6.03 Å². The molecule has 1 aliphatic heterocycles. The van der Waals surface area contributed by atoms with Gasteiger partial charge in [-0.1, -0.05) is 31.0 Å². The first kappa shape index (κ1) is 17.6. The van der Waals surface area contributed by atoms with E-state index >= 15 is 0 Å². The number of benzene rings is 1. The molecule has 0 atom stereocenters. The summed E-state index contributed by atoms with van der Waals surface area (Å²) >= 11 is 0. The lowest BCUT2D eigenvalue weighted by atomic mass is 9.95. The third-order valence-electron chi connectivity index (χ3n) is 5.39. The number of nitrogens with zero attached hydrogens (tertiary/aromatic N) is 2. The van der Waals surface area contributed by atoms with Gasteiger partial charge >= 0.3 is 12.1 Å². The molecule has 1 aromatic carbocycles. The molecular weight excluding hydrogens is 318 g/mol. The van der Waals surface area contributed by atoms with Gasteiger partial charge in [0.2, 0.25) is 0 Å². The highest BCUT2D eigenvalue weighted by Crippen LogP contribution is 2.27. The van der Waals surface area contributed by atoms with Crippen molar-refractivity contribution in [3.05, 3.63) is 30.3 Å². The highest BCUT2D eigenvalue weighted by molar-refractivity contribution is 5.89. The Morgan fingerprint density at radius 2 is 1.72 bits per heavy atom. The van der Waals surface area contributed by atoms with Crippen LogP contribution in [0.25, 0.3) is 0 Å². The standard InChI is InChI=1S/C19H27N3O3/c23-18(20-16-6-2-1-3-7-16)22(17-8-4-5-9-17)14-15-10-12-21(13-11-15)19(24)25/h1-3,6-7,15,17H,4-5,8-14H2,(H,20,23)(H,24,25). The Morgan fingerprint density at radius 3 is 2.32 bits per heavy atom. The molecule has 3 rings (SSSR count). The number of rotatable bonds is 4. The number of urea groups is 1. The van der Waals surface area contributed by atoms with Crippen LogP contribution in [0.1, 0.15) is 38.5 Å². The van der Waals surface area contributed by atoms with Crippen LogP contribution < -0.4 is 5.32 Å². The first-order valence-electron chi connectivity index (χ1n) is 9.24. The van der Waals surface area contributed by atoms with Crippen LogP contribution in [0.5, 0.6) is 0 Å². The second-order valence-electron chi connectivity index (χ2n) is 7.10. The lowest BCUT2D eigenvalue weighted by Crippen LogP contribution is -2.47. The lowest BCUT2D eigenvalue weighted by molar-refractivity contribution is 0.111. The summed E-state index contributed by atoms with van der Waals surface area (Å²) in [6, 6.07) is 9.83. The van der Waals surface area contributed by atoms with Gasteiger partial charge in [-0.25, -0.2) is 9.59 Å². The van der Waals surface area contributed by atoms with Gasteiger partial charge in [-0.2, -0.15) is 0 Å². The number of anilines is 1. The number of likely N-dealkylation sites (tertiary alicyclic amines) is 1. The van der Waals surface area contributed by atoms with Crippen LogP contribution in [0, 0.1) is 5.92 Å². The molecule has 0 bridgehead atoms. The SMILES string of the molecule is O=C(O)N1CCC(CN(C(=O)Nc2ccccc2)C2CCCC2)CC1. The topological polar surface area (TPSA) is 72.9 Å². The molecule has 1 saturated carbocycles. The van der Waals surface area contributed by atoms with E-state index in [2.05, 4.69) is 5.32 Å². The van der Waals surface area contributed by atoms with Gasteiger partial charge in [-0.05, 0) is 43.7 Å². The highest BCUT2D eigenvalue weighted by atomic mass is 16.4. The maximum absolute atomic E-state index is 12.9. The van der Waals surface area contributed by atoms with Gasteiger partial charge in [0.05, 0.1) is 0 Å². The smallest absolute Gasteiger partial charge is 0.407 e. The molecule has 2 aliphatic rings. The minimum atomic E-state index is -0.840. The van der Waals surface area contributed by atoms with Gasteiger partial charge in [0.25, 0.3) is 0 Å². The van der Waals surface area contributed by atoms with Crippen LogP contribution in [0.2, 0.25) is 0 Å². The summed E-state index contributed by atoms with van der Waals surface area (Å²) in [6.45, 7) is 1.86. The van der Waals surface area contributed by atoms with Crippen molar-refractivity contribution in [3.8, 4) is 0 Å². The molecule has 6 nitrogen and oxygen atoms in total. The fourth-order valence-corrected chi connectivity index (χ4v) is 3.92. The monoisotopic (exact) mass is 345 g/mol. The molecule has 1 heterocycles. The second-order valence-corrected chi connectivity index (χ2v) is 7.10. The van der Waals surface area contributed by atoms with Crippen molar-refractivity contribution in [2.24, 2.45) is 5.92 Å². The molecule has 1 aromatic rings. The van der Waals surface area contributed by atoms with Gasteiger partial charge in [0.15, 0.2) is 0 Å². The number of carbonyl (C=O) groups is 2. The third kappa shape index (κ3) is 4.65. The fourth-order valence-electron chi connectivity index (χ4n) is 3.92. The molecule has 0 aromatic heterocycles. The maximum Gasteiger partial charge on any atom is 0.407 e. The highest BCUT2D eigenvalue weighted by Gasteiger charge is 2.31. The number of nitrogens with one attached hydrogen (secondary N) is 1. The molecule has 25 heavy (non-hydrogen) atoms. The Labute approximate surface area is 148 Å².